The maximum absolute atomic E-state index is 13.7. The fourth-order valence-corrected chi connectivity index (χ4v) is 5.18. The van der Waals surface area contributed by atoms with Gasteiger partial charge in [0.25, 0.3) is 10.0 Å². The molecule has 0 heterocycles. The lowest BCUT2D eigenvalue weighted by molar-refractivity contribution is -0.139. The van der Waals surface area contributed by atoms with E-state index < -0.39 is 34.3 Å². The summed E-state index contributed by atoms with van der Waals surface area (Å²) in [5, 5.41) is 2.72. The van der Waals surface area contributed by atoms with Crippen LogP contribution in [-0.4, -0.2) is 44.3 Å². The van der Waals surface area contributed by atoms with Crippen molar-refractivity contribution in [3.8, 4) is 0 Å². The van der Waals surface area contributed by atoms with E-state index in [4.69, 9.17) is 0 Å². The molecular weight excluding hydrogens is 493 g/mol. The number of amides is 2. The van der Waals surface area contributed by atoms with E-state index in [2.05, 4.69) is 5.32 Å². The van der Waals surface area contributed by atoms with E-state index >= 15 is 0 Å². The third kappa shape index (κ3) is 6.95. The van der Waals surface area contributed by atoms with Crippen LogP contribution in [0.3, 0.4) is 0 Å². The second kappa shape index (κ2) is 12.0. The fraction of sp³-hybridized carbons (Fsp3) is 0.286. The fourth-order valence-electron chi connectivity index (χ4n) is 3.77. The van der Waals surface area contributed by atoms with E-state index in [-0.39, 0.29) is 23.0 Å². The molecule has 0 aliphatic rings. The average Bonchev–Trinajstić information content (AvgIpc) is 2.87. The number of carbonyl (C=O) groups excluding carboxylic acids is 2. The molecule has 2 amide bonds. The first-order valence-electron chi connectivity index (χ1n) is 12.0. The van der Waals surface area contributed by atoms with E-state index in [1.165, 1.54) is 29.2 Å². The van der Waals surface area contributed by atoms with E-state index in [1.807, 2.05) is 38.1 Å². The van der Waals surface area contributed by atoms with Gasteiger partial charge in [0.2, 0.25) is 11.8 Å². The largest absolute Gasteiger partial charge is 0.355 e. The maximum Gasteiger partial charge on any atom is 0.264 e. The molecule has 3 aromatic carbocycles. The van der Waals surface area contributed by atoms with Gasteiger partial charge in [0.1, 0.15) is 18.4 Å². The van der Waals surface area contributed by atoms with Crippen LogP contribution in [-0.2, 0) is 26.2 Å². The molecule has 7 nitrogen and oxygen atoms in total. The number of likely N-dealkylation sites (N-methyl/N-ethyl adjacent to an activating group) is 1. The van der Waals surface area contributed by atoms with Crippen LogP contribution < -0.4 is 9.62 Å². The van der Waals surface area contributed by atoms with Gasteiger partial charge < -0.3 is 10.2 Å². The molecule has 0 bridgehead atoms. The van der Waals surface area contributed by atoms with Gasteiger partial charge in [-0.1, -0.05) is 47.5 Å². The highest BCUT2D eigenvalue weighted by atomic mass is 32.2. The summed E-state index contributed by atoms with van der Waals surface area (Å²) < 4.78 is 41.9. The van der Waals surface area contributed by atoms with Crippen LogP contribution in [0.15, 0.2) is 77.7 Å². The monoisotopic (exact) mass is 525 g/mol. The Bertz CT molecular complexity index is 1330. The number of rotatable bonds is 10. The Balaban J connectivity index is 2.01. The van der Waals surface area contributed by atoms with Gasteiger partial charge in [0, 0.05) is 13.1 Å². The SMILES string of the molecule is CCNC(=O)[C@@H](C)N(Cc1ccc(C)cc1)C(=O)CN(c1ccc(F)cc1)S(=O)(=O)c1ccc(C)cc1. The van der Waals surface area contributed by atoms with E-state index in [0.717, 1.165) is 33.1 Å². The van der Waals surface area contributed by atoms with Gasteiger partial charge in [-0.2, -0.15) is 0 Å². The number of nitrogens with zero attached hydrogens (tertiary/aromatic N) is 2. The van der Waals surface area contributed by atoms with Crippen molar-refractivity contribution in [1.82, 2.24) is 10.2 Å². The molecule has 3 rings (SSSR count). The summed E-state index contributed by atoms with van der Waals surface area (Å²) in [6.45, 7) is 7.09. The Kier molecular flexibility index (Phi) is 9.04. The molecule has 0 radical (unpaired) electrons. The molecule has 37 heavy (non-hydrogen) atoms. The molecule has 0 saturated heterocycles. The van der Waals surface area contributed by atoms with Gasteiger partial charge in [0.05, 0.1) is 10.6 Å². The third-order valence-corrected chi connectivity index (χ3v) is 7.78. The minimum atomic E-state index is -4.18. The van der Waals surface area contributed by atoms with E-state index in [1.54, 1.807) is 26.0 Å². The number of hydrogen-bond acceptors (Lipinski definition) is 4. The summed E-state index contributed by atoms with van der Waals surface area (Å²) in [6, 6.07) is 17.8. The van der Waals surface area contributed by atoms with Crippen molar-refractivity contribution >= 4 is 27.5 Å². The Hall–Kier alpha value is -3.72. The second-order valence-electron chi connectivity index (χ2n) is 8.88. The highest BCUT2D eigenvalue weighted by molar-refractivity contribution is 7.92. The number of nitrogens with one attached hydrogen (secondary N) is 1. The molecule has 1 atom stereocenters. The summed E-state index contributed by atoms with van der Waals surface area (Å²) in [5.41, 5.74) is 2.86. The lowest BCUT2D eigenvalue weighted by Crippen LogP contribution is -2.51. The normalized spacial score (nSPS) is 12.0. The zero-order chi connectivity index (χ0) is 27.2. The maximum atomic E-state index is 13.7. The van der Waals surface area contributed by atoms with Crippen molar-refractivity contribution in [2.75, 3.05) is 17.4 Å². The molecule has 0 fully saturated rings. The Morgan fingerprint density at radius 2 is 1.43 bits per heavy atom. The zero-order valence-corrected chi connectivity index (χ0v) is 22.3. The number of benzene rings is 3. The standard InChI is InChI=1S/C28H32FN3O4S/c1-5-30-28(34)22(4)31(18-23-10-6-20(2)7-11-23)27(33)19-32(25-14-12-24(29)13-15-25)37(35,36)26-16-8-21(3)9-17-26/h6-17,22H,5,18-19H2,1-4H3,(H,30,34)/t22-/m1/s1. The molecule has 1 N–H and O–H groups in total. The van der Waals surface area contributed by atoms with Crippen LogP contribution in [0.4, 0.5) is 10.1 Å². The number of hydrogen-bond donors (Lipinski definition) is 1. The summed E-state index contributed by atoms with van der Waals surface area (Å²) in [7, 11) is -4.18. The zero-order valence-electron chi connectivity index (χ0n) is 21.4. The van der Waals surface area contributed by atoms with Crippen molar-refractivity contribution in [1.29, 1.82) is 0 Å². The van der Waals surface area contributed by atoms with Crippen LogP contribution in [0.1, 0.15) is 30.5 Å². The Morgan fingerprint density at radius 1 is 0.892 bits per heavy atom. The Morgan fingerprint density at radius 3 is 1.97 bits per heavy atom. The highest BCUT2D eigenvalue weighted by Gasteiger charge is 2.32. The quantitative estimate of drug-likeness (QED) is 0.430. The highest BCUT2D eigenvalue weighted by Crippen LogP contribution is 2.25. The molecule has 0 aromatic heterocycles. The van der Waals surface area contributed by atoms with Crippen molar-refractivity contribution in [3.63, 3.8) is 0 Å². The van der Waals surface area contributed by atoms with Crippen molar-refractivity contribution in [2.24, 2.45) is 0 Å². The average molecular weight is 526 g/mol. The van der Waals surface area contributed by atoms with Gasteiger partial charge in [-0.25, -0.2) is 12.8 Å². The van der Waals surface area contributed by atoms with Crippen LogP contribution in [0, 0.1) is 19.7 Å². The van der Waals surface area contributed by atoms with Gasteiger partial charge in [-0.15, -0.1) is 0 Å². The van der Waals surface area contributed by atoms with Crippen LogP contribution in [0.5, 0.6) is 0 Å². The lowest BCUT2D eigenvalue weighted by atomic mass is 10.1. The summed E-state index contributed by atoms with van der Waals surface area (Å²) in [5.74, 6) is -1.45. The molecule has 196 valence electrons. The number of sulfonamides is 1. The smallest absolute Gasteiger partial charge is 0.264 e. The third-order valence-electron chi connectivity index (χ3n) is 5.99. The Labute approximate surface area is 218 Å². The van der Waals surface area contributed by atoms with Gasteiger partial charge in [0.15, 0.2) is 0 Å². The van der Waals surface area contributed by atoms with Crippen molar-refractivity contribution in [2.45, 2.75) is 45.2 Å². The number of halogens is 1. The second-order valence-corrected chi connectivity index (χ2v) is 10.7. The topological polar surface area (TPSA) is 86.8 Å². The van der Waals surface area contributed by atoms with Gasteiger partial charge in [-0.3, -0.25) is 13.9 Å². The lowest BCUT2D eigenvalue weighted by Gasteiger charge is -2.32. The summed E-state index contributed by atoms with van der Waals surface area (Å²) in [6.07, 6.45) is 0. The van der Waals surface area contributed by atoms with Gasteiger partial charge in [-0.05, 0) is 69.7 Å². The first-order chi connectivity index (χ1) is 17.5. The van der Waals surface area contributed by atoms with E-state index in [9.17, 15) is 22.4 Å². The molecule has 0 unspecified atom stereocenters. The molecule has 0 aliphatic carbocycles. The van der Waals surface area contributed by atoms with Crippen LogP contribution in [0.2, 0.25) is 0 Å². The molecule has 0 spiro atoms. The molecular formula is C28H32FN3O4S. The van der Waals surface area contributed by atoms with E-state index in [0.29, 0.717) is 6.54 Å². The predicted octanol–water partition coefficient (Wildman–Crippen LogP) is 4.19. The first kappa shape index (κ1) is 27.9. The van der Waals surface area contributed by atoms with Gasteiger partial charge >= 0.3 is 0 Å². The number of aryl methyl sites for hydroxylation is 2. The molecule has 0 saturated carbocycles. The van der Waals surface area contributed by atoms with Crippen LogP contribution >= 0.6 is 0 Å². The summed E-state index contributed by atoms with van der Waals surface area (Å²) in [4.78, 5) is 27.8. The minimum absolute atomic E-state index is 0.00270. The van der Waals surface area contributed by atoms with Crippen molar-refractivity contribution in [3.05, 3.63) is 95.3 Å². The molecule has 3 aromatic rings. The molecule has 0 aliphatic heterocycles. The molecule has 9 heteroatoms. The van der Waals surface area contributed by atoms with Crippen LogP contribution in [0.25, 0.3) is 0 Å². The minimum Gasteiger partial charge on any atom is -0.355 e. The summed E-state index contributed by atoms with van der Waals surface area (Å²) >= 11 is 0. The number of carbonyl (C=O) groups is 2. The number of anilines is 1. The predicted molar refractivity (Wildman–Crippen MR) is 142 cm³/mol. The van der Waals surface area contributed by atoms with Crippen molar-refractivity contribution < 1.29 is 22.4 Å². The first-order valence-corrected chi connectivity index (χ1v) is 13.4.